The molecule has 0 aromatic heterocycles. The van der Waals surface area contributed by atoms with Crippen LogP contribution in [0.2, 0.25) is 5.02 Å². The number of amidine groups is 1. The number of anilines is 1. The number of hydrogen-bond acceptors (Lipinski definition) is 6. The standard InChI is InChI=1S/C12H13ClN2O4/c1-17-10-6-9(15-12-14-3-4-19-12)8(13)5-7(10)11(16)18-2/h5-6H,3-4H2,1-2H3,(H,14,15). The maximum atomic E-state index is 11.6. The number of carbonyl (C=O) groups excluding carboxylic acids is 1. The molecule has 0 unspecified atom stereocenters. The van der Waals surface area contributed by atoms with Gasteiger partial charge in [-0.3, -0.25) is 0 Å². The summed E-state index contributed by atoms with van der Waals surface area (Å²) in [5, 5.41) is 3.28. The molecular formula is C12H13ClN2O4. The molecule has 0 aliphatic carbocycles. The third-order valence-corrected chi connectivity index (χ3v) is 2.83. The molecule has 0 saturated carbocycles. The predicted octanol–water partition coefficient (Wildman–Crippen LogP) is 1.93. The minimum Gasteiger partial charge on any atom is -0.496 e. The summed E-state index contributed by atoms with van der Waals surface area (Å²) in [4.78, 5) is 15.7. The Labute approximate surface area is 115 Å². The molecule has 2 rings (SSSR count). The number of methoxy groups -OCH3 is 2. The molecule has 1 aromatic rings. The first-order chi connectivity index (χ1) is 9.15. The molecule has 1 aromatic carbocycles. The van der Waals surface area contributed by atoms with Crippen molar-refractivity contribution in [1.29, 1.82) is 0 Å². The third kappa shape index (κ3) is 2.90. The second-order valence-corrected chi connectivity index (χ2v) is 4.09. The van der Waals surface area contributed by atoms with Crippen molar-refractivity contribution >= 4 is 29.3 Å². The fraction of sp³-hybridized carbons (Fsp3) is 0.333. The third-order valence-electron chi connectivity index (χ3n) is 2.52. The molecule has 0 radical (unpaired) electrons. The average molecular weight is 285 g/mol. The van der Waals surface area contributed by atoms with Crippen molar-refractivity contribution in [1.82, 2.24) is 0 Å². The van der Waals surface area contributed by atoms with Crippen LogP contribution in [-0.2, 0) is 9.47 Å². The minimum atomic E-state index is -0.514. The normalized spacial score (nSPS) is 13.5. The van der Waals surface area contributed by atoms with Gasteiger partial charge in [0.05, 0.1) is 31.5 Å². The fourth-order valence-electron chi connectivity index (χ4n) is 1.61. The number of aliphatic imine (C=N–C) groups is 1. The highest BCUT2D eigenvalue weighted by Gasteiger charge is 2.18. The van der Waals surface area contributed by atoms with Crippen LogP contribution in [0, 0.1) is 0 Å². The van der Waals surface area contributed by atoms with Crippen LogP contribution in [0.1, 0.15) is 10.4 Å². The van der Waals surface area contributed by atoms with E-state index in [2.05, 4.69) is 15.0 Å². The van der Waals surface area contributed by atoms with Gasteiger partial charge in [-0.15, -0.1) is 0 Å². The van der Waals surface area contributed by atoms with Gasteiger partial charge in [0.25, 0.3) is 6.02 Å². The van der Waals surface area contributed by atoms with Gasteiger partial charge in [0.15, 0.2) is 0 Å². The summed E-state index contributed by atoms with van der Waals surface area (Å²) >= 11 is 6.10. The summed E-state index contributed by atoms with van der Waals surface area (Å²) in [6.45, 7) is 1.15. The zero-order chi connectivity index (χ0) is 13.8. The van der Waals surface area contributed by atoms with E-state index in [9.17, 15) is 4.79 Å². The van der Waals surface area contributed by atoms with E-state index in [1.807, 2.05) is 0 Å². The van der Waals surface area contributed by atoms with E-state index in [0.717, 1.165) is 0 Å². The molecule has 0 bridgehead atoms. The molecule has 7 heteroatoms. The van der Waals surface area contributed by atoms with Crippen LogP contribution in [-0.4, -0.2) is 39.4 Å². The van der Waals surface area contributed by atoms with Gasteiger partial charge in [0.2, 0.25) is 0 Å². The van der Waals surface area contributed by atoms with Gasteiger partial charge in [-0.2, -0.15) is 0 Å². The lowest BCUT2D eigenvalue weighted by Crippen LogP contribution is -2.13. The summed E-state index contributed by atoms with van der Waals surface area (Å²) < 4.78 is 15.0. The molecule has 0 atom stereocenters. The van der Waals surface area contributed by atoms with Crippen molar-refractivity contribution in [2.24, 2.45) is 4.99 Å². The molecule has 0 saturated heterocycles. The summed E-state index contributed by atoms with van der Waals surface area (Å²) in [5.41, 5.74) is 0.807. The quantitative estimate of drug-likeness (QED) is 0.859. The Morgan fingerprint density at radius 3 is 2.84 bits per heavy atom. The van der Waals surface area contributed by atoms with Gasteiger partial charge in [0.1, 0.15) is 17.9 Å². The summed E-state index contributed by atoms with van der Waals surface area (Å²) in [7, 11) is 2.76. The molecule has 0 fully saturated rings. The average Bonchev–Trinajstić information content (AvgIpc) is 2.92. The monoisotopic (exact) mass is 284 g/mol. The molecule has 1 aliphatic rings. The lowest BCUT2D eigenvalue weighted by Gasteiger charge is -2.12. The fourth-order valence-corrected chi connectivity index (χ4v) is 1.82. The Kier molecular flexibility index (Phi) is 4.11. The molecule has 1 N–H and O–H groups in total. The van der Waals surface area contributed by atoms with Gasteiger partial charge in [0, 0.05) is 6.07 Å². The molecule has 1 heterocycles. The van der Waals surface area contributed by atoms with Crippen molar-refractivity contribution in [3.63, 3.8) is 0 Å². The van der Waals surface area contributed by atoms with E-state index >= 15 is 0 Å². The Hall–Kier alpha value is -1.95. The first kappa shape index (κ1) is 13.5. The smallest absolute Gasteiger partial charge is 0.341 e. The van der Waals surface area contributed by atoms with E-state index in [0.29, 0.717) is 35.6 Å². The van der Waals surface area contributed by atoms with Gasteiger partial charge >= 0.3 is 5.97 Å². The Morgan fingerprint density at radius 2 is 2.26 bits per heavy atom. The van der Waals surface area contributed by atoms with Gasteiger partial charge in [-0.25, -0.2) is 9.79 Å². The van der Waals surface area contributed by atoms with Crippen LogP contribution >= 0.6 is 11.6 Å². The highest BCUT2D eigenvalue weighted by Crippen LogP contribution is 2.31. The number of nitrogens with one attached hydrogen (secondary N) is 1. The van der Waals surface area contributed by atoms with Crippen molar-refractivity contribution in [3.8, 4) is 5.75 Å². The van der Waals surface area contributed by atoms with Gasteiger partial charge in [-0.1, -0.05) is 11.6 Å². The largest absolute Gasteiger partial charge is 0.496 e. The highest BCUT2D eigenvalue weighted by atomic mass is 35.5. The van der Waals surface area contributed by atoms with Crippen molar-refractivity contribution in [2.45, 2.75) is 0 Å². The number of ether oxygens (including phenoxy) is 3. The SMILES string of the molecule is COC(=O)c1cc(Cl)c(NC2=NCCO2)cc1OC. The summed E-state index contributed by atoms with van der Waals surface area (Å²) in [5.74, 6) is -0.155. The summed E-state index contributed by atoms with van der Waals surface area (Å²) in [6.07, 6.45) is 0. The molecule has 102 valence electrons. The van der Waals surface area contributed by atoms with Crippen LogP contribution in [0.4, 0.5) is 5.69 Å². The second kappa shape index (κ2) is 5.79. The van der Waals surface area contributed by atoms with E-state index < -0.39 is 5.97 Å². The maximum Gasteiger partial charge on any atom is 0.341 e. The van der Waals surface area contributed by atoms with Gasteiger partial charge < -0.3 is 19.5 Å². The number of benzene rings is 1. The topological polar surface area (TPSA) is 69.2 Å². The van der Waals surface area contributed by atoms with E-state index in [1.165, 1.54) is 20.3 Å². The van der Waals surface area contributed by atoms with Crippen LogP contribution in [0.15, 0.2) is 17.1 Å². The van der Waals surface area contributed by atoms with Crippen molar-refractivity contribution < 1.29 is 19.0 Å². The molecule has 6 nitrogen and oxygen atoms in total. The lowest BCUT2D eigenvalue weighted by molar-refractivity contribution is 0.0597. The lowest BCUT2D eigenvalue weighted by atomic mass is 10.2. The van der Waals surface area contributed by atoms with E-state index in [-0.39, 0.29) is 5.56 Å². The number of carbonyl (C=O) groups is 1. The molecule has 1 aliphatic heterocycles. The molecule has 19 heavy (non-hydrogen) atoms. The number of rotatable bonds is 3. The van der Waals surface area contributed by atoms with Crippen molar-refractivity contribution in [3.05, 3.63) is 22.7 Å². The first-order valence-corrected chi connectivity index (χ1v) is 5.93. The van der Waals surface area contributed by atoms with Crippen LogP contribution < -0.4 is 10.1 Å². The molecule has 0 spiro atoms. The van der Waals surface area contributed by atoms with E-state index in [1.54, 1.807) is 6.07 Å². The second-order valence-electron chi connectivity index (χ2n) is 3.68. The van der Waals surface area contributed by atoms with Crippen LogP contribution in [0.25, 0.3) is 0 Å². The van der Waals surface area contributed by atoms with Gasteiger partial charge in [-0.05, 0) is 6.07 Å². The Balaban J connectivity index is 2.32. The van der Waals surface area contributed by atoms with Crippen molar-refractivity contribution in [2.75, 3.05) is 32.7 Å². The Bertz CT molecular complexity index is 531. The first-order valence-electron chi connectivity index (χ1n) is 5.56. The van der Waals surface area contributed by atoms with Crippen LogP contribution in [0.5, 0.6) is 5.75 Å². The predicted molar refractivity (Wildman–Crippen MR) is 71.2 cm³/mol. The number of nitrogens with zero attached hydrogens (tertiary/aromatic N) is 1. The summed E-state index contributed by atoms with van der Waals surface area (Å²) in [6, 6.07) is 3.47. The maximum absolute atomic E-state index is 11.6. The minimum absolute atomic E-state index is 0.259. The number of hydrogen-bond donors (Lipinski definition) is 1. The van der Waals surface area contributed by atoms with Crippen LogP contribution in [0.3, 0.4) is 0 Å². The Morgan fingerprint density at radius 1 is 1.47 bits per heavy atom. The zero-order valence-electron chi connectivity index (χ0n) is 10.5. The van der Waals surface area contributed by atoms with E-state index in [4.69, 9.17) is 21.1 Å². The molecular weight excluding hydrogens is 272 g/mol. The number of halogens is 1. The highest BCUT2D eigenvalue weighted by molar-refractivity contribution is 6.34. The number of esters is 1. The zero-order valence-corrected chi connectivity index (χ0v) is 11.3. The molecule has 0 amide bonds.